The standard InChI is InChI=1S/C15H20N2O4/c1-10-4-3-5-12(8-10)16(2)14-9-11(15(18)19)6-7-13(14)17(20)21/h6-7,9-10,12H,3-5,8H2,1-2H3,(H,18,19). The summed E-state index contributed by atoms with van der Waals surface area (Å²) in [5, 5.41) is 20.3. The molecule has 1 aliphatic carbocycles. The molecule has 0 amide bonds. The number of rotatable bonds is 4. The number of nitro benzene ring substituents is 1. The zero-order chi connectivity index (χ0) is 15.6. The third-order valence-electron chi connectivity index (χ3n) is 4.26. The maximum Gasteiger partial charge on any atom is 0.335 e. The molecule has 0 aliphatic heterocycles. The number of hydrogen-bond acceptors (Lipinski definition) is 4. The van der Waals surface area contributed by atoms with E-state index in [9.17, 15) is 14.9 Å². The van der Waals surface area contributed by atoms with Crippen LogP contribution >= 0.6 is 0 Å². The highest BCUT2D eigenvalue weighted by Gasteiger charge is 2.27. The molecule has 0 spiro atoms. The Labute approximate surface area is 123 Å². The van der Waals surface area contributed by atoms with Gasteiger partial charge in [-0.1, -0.05) is 19.8 Å². The lowest BCUT2D eigenvalue weighted by atomic mass is 9.86. The molecule has 0 saturated heterocycles. The summed E-state index contributed by atoms with van der Waals surface area (Å²) in [6.07, 6.45) is 4.24. The van der Waals surface area contributed by atoms with Gasteiger partial charge in [0.25, 0.3) is 5.69 Å². The average Bonchev–Trinajstić information content (AvgIpc) is 2.45. The minimum Gasteiger partial charge on any atom is -0.478 e. The monoisotopic (exact) mass is 292 g/mol. The summed E-state index contributed by atoms with van der Waals surface area (Å²) in [6, 6.07) is 4.18. The molecule has 2 atom stereocenters. The van der Waals surface area contributed by atoms with E-state index < -0.39 is 10.9 Å². The van der Waals surface area contributed by atoms with Crippen molar-refractivity contribution in [2.24, 2.45) is 5.92 Å². The van der Waals surface area contributed by atoms with E-state index in [1.54, 1.807) is 0 Å². The number of aromatic carboxylic acids is 1. The van der Waals surface area contributed by atoms with Crippen molar-refractivity contribution in [1.82, 2.24) is 0 Å². The number of nitrogens with zero attached hydrogens (tertiary/aromatic N) is 2. The molecular formula is C15H20N2O4. The first kappa shape index (κ1) is 15.3. The largest absolute Gasteiger partial charge is 0.478 e. The van der Waals surface area contributed by atoms with Gasteiger partial charge in [0.1, 0.15) is 5.69 Å². The van der Waals surface area contributed by atoms with Crippen molar-refractivity contribution < 1.29 is 14.8 Å². The molecule has 1 aromatic carbocycles. The van der Waals surface area contributed by atoms with Crippen molar-refractivity contribution in [1.29, 1.82) is 0 Å². The number of hydrogen-bond donors (Lipinski definition) is 1. The summed E-state index contributed by atoms with van der Waals surface area (Å²) in [6.45, 7) is 2.18. The number of carbonyl (C=O) groups is 1. The van der Waals surface area contributed by atoms with Crippen LogP contribution in [0.15, 0.2) is 18.2 Å². The summed E-state index contributed by atoms with van der Waals surface area (Å²) >= 11 is 0. The van der Waals surface area contributed by atoms with Gasteiger partial charge in [-0.05, 0) is 30.9 Å². The van der Waals surface area contributed by atoms with E-state index in [2.05, 4.69) is 6.92 Å². The lowest BCUT2D eigenvalue weighted by molar-refractivity contribution is -0.384. The van der Waals surface area contributed by atoms with Crippen LogP contribution in [0.3, 0.4) is 0 Å². The molecular weight excluding hydrogens is 272 g/mol. The molecule has 114 valence electrons. The predicted molar refractivity (Wildman–Crippen MR) is 79.9 cm³/mol. The van der Waals surface area contributed by atoms with Gasteiger partial charge in [0.05, 0.1) is 10.5 Å². The predicted octanol–water partition coefficient (Wildman–Crippen LogP) is 3.31. The van der Waals surface area contributed by atoms with Crippen LogP contribution in [0.5, 0.6) is 0 Å². The van der Waals surface area contributed by atoms with E-state index in [0.717, 1.165) is 19.3 Å². The fourth-order valence-corrected chi connectivity index (χ4v) is 3.04. The van der Waals surface area contributed by atoms with Crippen LogP contribution in [0, 0.1) is 16.0 Å². The number of anilines is 1. The van der Waals surface area contributed by atoms with Crippen LogP contribution in [-0.4, -0.2) is 29.1 Å². The molecule has 2 rings (SSSR count). The number of carboxylic acid groups (broad SMARTS) is 1. The van der Waals surface area contributed by atoms with Gasteiger partial charge >= 0.3 is 5.97 Å². The maximum atomic E-state index is 11.2. The van der Waals surface area contributed by atoms with E-state index in [-0.39, 0.29) is 17.3 Å². The minimum atomic E-state index is -1.07. The van der Waals surface area contributed by atoms with Gasteiger partial charge in [0.2, 0.25) is 0 Å². The van der Waals surface area contributed by atoms with E-state index >= 15 is 0 Å². The first-order valence-electron chi connectivity index (χ1n) is 7.14. The van der Waals surface area contributed by atoms with Crippen molar-refractivity contribution in [3.63, 3.8) is 0 Å². The molecule has 1 aromatic rings. The molecule has 1 fully saturated rings. The van der Waals surface area contributed by atoms with Crippen LogP contribution < -0.4 is 4.90 Å². The number of benzene rings is 1. The molecule has 6 nitrogen and oxygen atoms in total. The van der Waals surface area contributed by atoms with E-state index in [1.807, 2.05) is 11.9 Å². The second-order valence-electron chi connectivity index (χ2n) is 5.80. The van der Waals surface area contributed by atoms with Crippen molar-refractivity contribution in [2.45, 2.75) is 38.6 Å². The first-order chi connectivity index (χ1) is 9.90. The molecule has 0 radical (unpaired) electrons. The molecule has 1 saturated carbocycles. The first-order valence-corrected chi connectivity index (χ1v) is 7.14. The molecule has 2 unspecified atom stereocenters. The average molecular weight is 292 g/mol. The fourth-order valence-electron chi connectivity index (χ4n) is 3.04. The highest BCUT2D eigenvalue weighted by Crippen LogP contribution is 2.34. The molecule has 1 N–H and O–H groups in total. The lowest BCUT2D eigenvalue weighted by Crippen LogP contribution is -2.36. The molecule has 21 heavy (non-hydrogen) atoms. The summed E-state index contributed by atoms with van der Waals surface area (Å²) in [5.74, 6) is -0.482. The topological polar surface area (TPSA) is 83.7 Å². The Morgan fingerprint density at radius 3 is 2.71 bits per heavy atom. The van der Waals surface area contributed by atoms with Gasteiger partial charge in [-0.15, -0.1) is 0 Å². The zero-order valence-corrected chi connectivity index (χ0v) is 12.3. The van der Waals surface area contributed by atoms with Crippen LogP contribution in [0.1, 0.15) is 43.0 Å². The Morgan fingerprint density at radius 1 is 1.43 bits per heavy atom. The molecule has 0 bridgehead atoms. The quantitative estimate of drug-likeness (QED) is 0.680. The normalized spacial score (nSPS) is 21.8. The lowest BCUT2D eigenvalue weighted by Gasteiger charge is -2.35. The molecule has 6 heteroatoms. The Morgan fingerprint density at radius 2 is 2.14 bits per heavy atom. The van der Waals surface area contributed by atoms with Gasteiger partial charge in [0, 0.05) is 19.2 Å². The zero-order valence-electron chi connectivity index (χ0n) is 12.3. The summed E-state index contributed by atoms with van der Waals surface area (Å²) in [5.41, 5.74) is 0.422. The van der Waals surface area contributed by atoms with E-state index in [0.29, 0.717) is 11.6 Å². The van der Waals surface area contributed by atoms with Crippen molar-refractivity contribution in [2.75, 3.05) is 11.9 Å². The van der Waals surface area contributed by atoms with Crippen molar-refractivity contribution in [3.8, 4) is 0 Å². The smallest absolute Gasteiger partial charge is 0.335 e. The van der Waals surface area contributed by atoms with E-state index in [1.165, 1.54) is 24.6 Å². The SMILES string of the molecule is CC1CCCC(N(C)c2cc(C(=O)O)ccc2[N+](=O)[O-])C1. The van der Waals surface area contributed by atoms with Crippen LogP contribution in [0.4, 0.5) is 11.4 Å². The van der Waals surface area contributed by atoms with Crippen LogP contribution in [0.25, 0.3) is 0 Å². The number of carboxylic acids is 1. The molecule has 0 aromatic heterocycles. The highest BCUT2D eigenvalue weighted by atomic mass is 16.6. The van der Waals surface area contributed by atoms with E-state index in [4.69, 9.17) is 5.11 Å². The van der Waals surface area contributed by atoms with Crippen LogP contribution in [-0.2, 0) is 0 Å². The van der Waals surface area contributed by atoms with Gasteiger partial charge < -0.3 is 10.0 Å². The second kappa shape index (κ2) is 6.11. The second-order valence-corrected chi connectivity index (χ2v) is 5.80. The Hall–Kier alpha value is -2.11. The van der Waals surface area contributed by atoms with Gasteiger partial charge in [-0.25, -0.2) is 4.79 Å². The maximum absolute atomic E-state index is 11.2. The molecule has 1 aliphatic rings. The van der Waals surface area contributed by atoms with Gasteiger partial charge in [-0.2, -0.15) is 0 Å². The Balaban J connectivity index is 2.37. The summed E-state index contributed by atoms with van der Waals surface area (Å²) in [7, 11) is 1.82. The number of nitro groups is 1. The summed E-state index contributed by atoms with van der Waals surface area (Å²) in [4.78, 5) is 23.7. The van der Waals surface area contributed by atoms with Crippen molar-refractivity contribution >= 4 is 17.3 Å². The molecule has 0 heterocycles. The van der Waals surface area contributed by atoms with Gasteiger partial charge in [-0.3, -0.25) is 10.1 Å². The minimum absolute atomic E-state index is 0.0410. The van der Waals surface area contributed by atoms with Crippen LogP contribution in [0.2, 0.25) is 0 Å². The van der Waals surface area contributed by atoms with Crippen molar-refractivity contribution in [3.05, 3.63) is 33.9 Å². The third-order valence-corrected chi connectivity index (χ3v) is 4.26. The third kappa shape index (κ3) is 3.32. The Bertz CT molecular complexity index is 559. The Kier molecular flexibility index (Phi) is 4.45. The highest BCUT2D eigenvalue weighted by molar-refractivity contribution is 5.90. The van der Waals surface area contributed by atoms with Gasteiger partial charge in [0.15, 0.2) is 0 Å². The fraction of sp³-hybridized carbons (Fsp3) is 0.533. The summed E-state index contributed by atoms with van der Waals surface area (Å²) < 4.78 is 0.